The van der Waals surface area contributed by atoms with Gasteiger partial charge in [0.1, 0.15) is 0 Å². The van der Waals surface area contributed by atoms with E-state index in [-0.39, 0.29) is 5.91 Å². The van der Waals surface area contributed by atoms with Gasteiger partial charge in [-0.2, -0.15) is 5.10 Å². The highest BCUT2D eigenvalue weighted by Gasteiger charge is 2.28. The summed E-state index contributed by atoms with van der Waals surface area (Å²) in [5.74, 6) is 0.720. The summed E-state index contributed by atoms with van der Waals surface area (Å²) < 4.78 is 1.78. The topological polar surface area (TPSA) is 59.8 Å². The molecule has 140 valence electrons. The third-order valence-electron chi connectivity index (χ3n) is 5.39. The van der Waals surface area contributed by atoms with Gasteiger partial charge in [0.05, 0.1) is 16.6 Å². The smallest absolute Gasteiger partial charge is 0.256 e. The van der Waals surface area contributed by atoms with Gasteiger partial charge < -0.3 is 5.32 Å². The molecule has 1 aliphatic rings. The van der Waals surface area contributed by atoms with Crippen LogP contribution in [0.3, 0.4) is 0 Å². The zero-order chi connectivity index (χ0) is 19.3. The number of amides is 1. The van der Waals surface area contributed by atoms with Crippen LogP contribution in [0.5, 0.6) is 0 Å². The molecule has 0 bridgehead atoms. The van der Waals surface area contributed by atoms with E-state index in [2.05, 4.69) is 30.3 Å². The summed E-state index contributed by atoms with van der Waals surface area (Å²) in [6, 6.07) is 8.13. The zero-order valence-corrected chi connectivity index (χ0v) is 16.6. The number of nitrogens with one attached hydrogen (secondary N) is 1. The van der Waals surface area contributed by atoms with Crippen LogP contribution in [0.15, 0.2) is 24.3 Å². The van der Waals surface area contributed by atoms with E-state index in [1.165, 1.54) is 0 Å². The van der Waals surface area contributed by atoms with Crippen molar-refractivity contribution in [1.29, 1.82) is 0 Å². The molecule has 4 rings (SSSR count). The molecular formula is C22H26N4O. The molecular weight excluding hydrogens is 336 g/mol. The predicted molar refractivity (Wildman–Crippen MR) is 108 cm³/mol. The maximum Gasteiger partial charge on any atom is 0.256 e. The summed E-state index contributed by atoms with van der Waals surface area (Å²) in [5.41, 5.74) is 6.44. The number of anilines is 1. The average molecular weight is 362 g/mol. The van der Waals surface area contributed by atoms with E-state index in [1.54, 1.807) is 4.68 Å². The number of benzene rings is 1. The fourth-order valence-corrected chi connectivity index (χ4v) is 3.75. The number of fused-ring (bicyclic) bond motifs is 1. The molecule has 1 aliphatic carbocycles. The van der Waals surface area contributed by atoms with Crippen LogP contribution in [-0.2, 0) is 7.05 Å². The summed E-state index contributed by atoms with van der Waals surface area (Å²) in [5, 5.41) is 8.53. The molecule has 1 aromatic carbocycles. The lowest BCUT2D eigenvalue weighted by atomic mass is 9.97. The first-order valence-corrected chi connectivity index (χ1v) is 9.62. The number of pyridine rings is 1. The Morgan fingerprint density at radius 2 is 2.00 bits per heavy atom. The standard InChI is InChI=1S/C22H26N4O/c1-12(2)16-8-6-7-13(3)20(16)24-22(27)17-11-18(15-9-10-15)23-21-19(17)14(4)25-26(21)5/h6-8,11-12,15H,9-10H2,1-5H3,(H,24,27). The number of carbonyl (C=O) groups excluding carboxylic acids is 1. The van der Waals surface area contributed by atoms with Crippen LogP contribution in [-0.4, -0.2) is 20.7 Å². The first-order chi connectivity index (χ1) is 12.9. The molecule has 0 spiro atoms. The van der Waals surface area contributed by atoms with Gasteiger partial charge in [-0.15, -0.1) is 0 Å². The van der Waals surface area contributed by atoms with Crippen molar-refractivity contribution >= 4 is 22.6 Å². The van der Waals surface area contributed by atoms with Crippen molar-refractivity contribution in [3.05, 3.63) is 52.3 Å². The van der Waals surface area contributed by atoms with Crippen molar-refractivity contribution in [2.75, 3.05) is 5.32 Å². The Morgan fingerprint density at radius 3 is 2.67 bits per heavy atom. The Labute approximate surface area is 159 Å². The highest BCUT2D eigenvalue weighted by molar-refractivity contribution is 6.13. The maximum atomic E-state index is 13.3. The van der Waals surface area contributed by atoms with Crippen molar-refractivity contribution in [2.45, 2.75) is 52.4 Å². The zero-order valence-electron chi connectivity index (χ0n) is 16.6. The quantitative estimate of drug-likeness (QED) is 0.722. The largest absolute Gasteiger partial charge is 0.321 e. The van der Waals surface area contributed by atoms with Gasteiger partial charge in [0, 0.05) is 24.3 Å². The van der Waals surface area contributed by atoms with Gasteiger partial charge in [-0.05, 0) is 49.8 Å². The third kappa shape index (κ3) is 3.11. The van der Waals surface area contributed by atoms with Crippen LogP contribution in [0.1, 0.15) is 71.4 Å². The van der Waals surface area contributed by atoms with E-state index in [1.807, 2.05) is 39.1 Å². The number of aryl methyl sites for hydroxylation is 3. The number of hydrogen-bond acceptors (Lipinski definition) is 3. The Bertz CT molecular complexity index is 1040. The van der Waals surface area contributed by atoms with Crippen molar-refractivity contribution < 1.29 is 4.79 Å². The van der Waals surface area contributed by atoms with E-state index < -0.39 is 0 Å². The molecule has 0 saturated heterocycles. The van der Waals surface area contributed by atoms with Crippen LogP contribution in [0.25, 0.3) is 11.0 Å². The van der Waals surface area contributed by atoms with Crippen LogP contribution in [0, 0.1) is 13.8 Å². The van der Waals surface area contributed by atoms with Gasteiger partial charge in [-0.25, -0.2) is 4.98 Å². The highest BCUT2D eigenvalue weighted by atomic mass is 16.1. The summed E-state index contributed by atoms with van der Waals surface area (Å²) in [6.45, 7) is 8.26. The van der Waals surface area contributed by atoms with E-state index in [9.17, 15) is 4.79 Å². The molecule has 3 aromatic rings. The number of hydrogen-bond donors (Lipinski definition) is 1. The average Bonchev–Trinajstić information content (AvgIpc) is 3.42. The maximum absolute atomic E-state index is 13.3. The second-order valence-corrected chi connectivity index (χ2v) is 7.92. The first-order valence-electron chi connectivity index (χ1n) is 9.62. The number of para-hydroxylation sites is 1. The molecule has 1 fully saturated rings. The normalized spacial score (nSPS) is 14.1. The molecule has 1 N–H and O–H groups in total. The van der Waals surface area contributed by atoms with E-state index >= 15 is 0 Å². The molecule has 1 saturated carbocycles. The van der Waals surface area contributed by atoms with Gasteiger partial charge in [0.15, 0.2) is 5.65 Å². The van der Waals surface area contributed by atoms with Gasteiger partial charge in [0.25, 0.3) is 5.91 Å². The van der Waals surface area contributed by atoms with Crippen molar-refractivity contribution in [3.63, 3.8) is 0 Å². The minimum atomic E-state index is -0.0865. The summed E-state index contributed by atoms with van der Waals surface area (Å²) in [6.07, 6.45) is 2.29. The number of carbonyl (C=O) groups is 1. The summed E-state index contributed by atoms with van der Waals surface area (Å²) in [7, 11) is 1.89. The van der Waals surface area contributed by atoms with Gasteiger partial charge in [0.2, 0.25) is 0 Å². The molecule has 1 amide bonds. The second kappa shape index (κ2) is 6.48. The van der Waals surface area contributed by atoms with Crippen molar-refractivity contribution in [1.82, 2.24) is 14.8 Å². The van der Waals surface area contributed by atoms with Gasteiger partial charge in [-0.1, -0.05) is 32.0 Å². The molecule has 5 heteroatoms. The SMILES string of the molecule is Cc1cccc(C(C)C)c1NC(=O)c1cc(C2CC2)nc2c1c(C)nn2C. The minimum Gasteiger partial charge on any atom is -0.321 e. The second-order valence-electron chi connectivity index (χ2n) is 7.92. The molecule has 0 unspecified atom stereocenters. The van der Waals surface area contributed by atoms with Crippen LogP contribution >= 0.6 is 0 Å². The number of aromatic nitrogens is 3. The lowest BCUT2D eigenvalue weighted by Crippen LogP contribution is -2.16. The van der Waals surface area contributed by atoms with E-state index in [0.717, 1.165) is 52.1 Å². The predicted octanol–water partition coefficient (Wildman–Crippen LogP) is 4.84. The van der Waals surface area contributed by atoms with E-state index in [0.29, 0.717) is 17.4 Å². The van der Waals surface area contributed by atoms with Crippen LogP contribution in [0.2, 0.25) is 0 Å². The Balaban J connectivity index is 1.82. The monoisotopic (exact) mass is 362 g/mol. The lowest BCUT2D eigenvalue weighted by Gasteiger charge is -2.17. The number of rotatable bonds is 4. The Kier molecular flexibility index (Phi) is 4.25. The molecule has 0 aliphatic heterocycles. The van der Waals surface area contributed by atoms with Crippen LogP contribution < -0.4 is 5.32 Å². The Morgan fingerprint density at radius 1 is 1.26 bits per heavy atom. The summed E-state index contributed by atoms with van der Waals surface area (Å²) >= 11 is 0. The highest BCUT2D eigenvalue weighted by Crippen LogP contribution is 2.40. The fourth-order valence-electron chi connectivity index (χ4n) is 3.75. The summed E-state index contributed by atoms with van der Waals surface area (Å²) in [4.78, 5) is 18.1. The van der Waals surface area contributed by atoms with Gasteiger partial charge in [-0.3, -0.25) is 9.48 Å². The van der Waals surface area contributed by atoms with Crippen molar-refractivity contribution in [3.8, 4) is 0 Å². The first kappa shape index (κ1) is 17.7. The van der Waals surface area contributed by atoms with E-state index in [4.69, 9.17) is 4.98 Å². The molecule has 27 heavy (non-hydrogen) atoms. The molecule has 0 atom stereocenters. The lowest BCUT2D eigenvalue weighted by molar-refractivity contribution is 0.102. The molecule has 2 heterocycles. The van der Waals surface area contributed by atoms with Crippen molar-refractivity contribution in [2.24, 2.45) is 7.05 Å². The molecule has 2 aromatic heterocycles. The van der Waals surface area contributed by atoms with Gasteiger partial charge >= 0.3 is 0 Å². The Hall–Kier alpha value is -2.69. The molecule has 0 radical (unpaired) electrons. The third-order valence-corrected chi connectivity index (χ3v) is 5.39. The van der Waals surface area contributed by atoms with Crippen LogP contribution in [0.4, 0.5) is 5.69 Å². The molecule has 5 nitrogen and oxygen atoms in total. The minimum absolute atomic E-state index is 0.0865. The fraction of sp³-hybridized carbons (Fsp3) is 0.409. The number of nitrogens with zero attached hydrogens (tertiary/aromatic N) is 3.